The zero-order valence-corrected chi connectivity index (χ0v) is 12.1. The highest BCUT2D eigenvalue weighted by Crippen LogP contribution is 2.18. The smallest absolute Gasteiger partial charge is 0.175 e. The van der Waals surface area contributed by atoms with Gasteiger partial charge in [0.15, 0.2) is 9.84 Å². The van der Waals surface area contributed by atoms with Gasteiger partial charge < -0.3 is 10.4 Å². The van der Waals surface area contributed by atoms with Crippen molar-refractivity contribution >= 4 is 15.5 Å². The highest BCUT2D eigenvalue weighted by molar-refractivity contribution is 7.90. The summed E-state index contributed by atoms with van der Waals surface area (Å²) >= 11 is 0. The molecule has 0 aliphatic carbocycles. The van der Waals surface area contributed by atoms with Crippen LogP contribution in [-0.2, 0) is 9.84 Å². The van der Waals surface area contributed by atoms with Gasteiger partial charge in [0.1, 0.15) is 0 Å². The largest absolute Gasteiger partial charge is 0.388 e. The summed E-state index contributed by atoms with van der Waals surface area (Å²) in [5.41, 5.74) is -0.00138. The number of hydrogen-bond acceptors (Lipinski definition) is 4. The standard InChI is InChI=1S/C13H21NO3S/c1-10(2)13(3,15)9-14-11-5-7-12(8-6-11)18(4,16)17/h5-8,10,14-15H,9H2,1-4H3. The second kappa shape index (κ2) is 5.28. The minimum absolute atomic E-state index is 0.139. The normalized spacial score (nSPS) is 15.4. The maximum atomic E-state index is 11.3. The van der Waals surface area contributed by atoms with Crippen LogP contribution in [0.5, 0.6) is 0 Å². The number of rotatable bonds is 5. The predicted molar refractivity (Wildman–Crippen MR) is 73.5 cm³/mol. The molecule has 0 aliphatic rings. The third kappa shape index (κ3) is 3.99. The first kappa shape index (κ1) is 15.0. The molecule has 1 atom stereocenters. The Labute approximate surface area is 109 Å². The lowest BCUT2D eigenvalue weighted by Gasteiger charge is -2.28. The zero-order chi connectivity index (χ0) is 14.0. The Bertz CT molecular complexity index is 489. The molecule has 0 amide bonds. The van der Waals surface area contributed by atoms with Crippen LogP contribution < -0.4 is 5.32 Å². The second-order valence-corrected chi connectivity index (χ2v) is 7.18. The number of aliphatic hydroxyl groups is 1. The van der Waals surface area contributed by atoms with Crippen LogP contribution in [-0.4, -0.2) is 31.9 Å². The van der Waals surface area contributed by atoms with Gasteiger partial charge >= 0.3 is 0 Å². The van der Waals surface area contributed by atoms with E-state index in [2.05, 4.69) is 5.32 Å². The van der Waals surface area contributed by atoms with Crippen LogP contribution >= 0.6 is 0 Å². The van der Waals surface area contributed by atoms with Crippen molar-refractivity contribution in [2.75, 3.05) is 18.1 Å². The van der Waals surface area contributed by atoms with Crippen molar-refractivity contribution in [2.45, 2.75) is 31.3 Å². The monoisotopic (exact) mass is 271 g/mol. The molecule has 5 heteroatoms. The zero-order valence-electron chi connectivity index (χ0n) is 11.3. The molecule has 1 aromatic carbocycles. The van der Waals surface area contributed by atoms with Crippen molar-refractivity contribution in [3.63, 3.8) is 0 Å². The molecule has 0 aliphatic heterocycles. The Kier molecular flexibility index (Phi) is 4.40. The minimum atomic E-state index is -3.15. The van der Waals surface area contributed by atoms with E-state index >= 15 is 0 Å². The number of hydrogen-bond donors (Lipinski definition) is 2. The summed E-state index contributed by atoms with van der Waals surface area (Å²) in [5, 5.41) is 13.2. The number of sulfone groups is 1. The molecule has 0 aromatic heterocycles. The molecule has 0 spiro atoms. The molecule has 2 N–H and O–H groups in total. The van der Waals surface area contributed by atoms with E-state index in [4.69, 9.17) is 0 Å². The van der Waals surface area contributed by atoms with Gasteiger partial charge in [-0.15, -0.1) is 0 Å². The van der Waals surface area contributed by atoms with Crippen LogP contribution in [0, 0.1) is 5.92 Å². The molecule has 4 nitrogen and oxygen atoms in total. The Morgan fingerprint density at radius 2 is 1.78 bits per heavy atom. The van der Waals surface area contributed by atoms with Gasteiger partial charge in [0, 0.05) is 18.5 Å². The average Bonchev–Trinajstić information content (AvgIpc) is 2.25. The Hall–Kier alpha value is -1.07. The molecule has 18 heavy (non-hydrogen) atoms. The second-order valence-electron chi connectivity index (χ2n) is 5.16. The number of anilines is 1. The predicted octanol–water partition coefficient (Wildman–Crippen LogP) is 1.91. The maximum absolute atomic E-state index is 11.3. The summed E-state index contributed by atoms with van der Waals surface area (Å²) in [6.45, 7) is 6.10. The van der Waals surface area contributed by atoms with Crippen LogP contribution in [0.2, 0.25) is 0 Å². The number of benzene rings is 1. The topological polar surface area (TPSA) is 66.4 Å². The lowest BCUT2D eigenvalue weighted by molar-refractivity contribution is 0.0266. The first-order chi connectivity index (χ1) is 8.13. The summed E-state index contributed by atoms with van der Waals surface area (Å²) in [7, 11) is -3.15. The van der Waals surface area contributed by atoms with Crippen molar-refractivity contribution in [2.24, 2.45) is 5.92 Å². The van der Waals surface area contributed by atoms with E-state index in [1.54, 1.807) is 31.2 Å². The van der Waals surface area contributed by atoms with Gasteiger partial charge in [-0.1, -0.05) is 13.8 Å². The highest BCUT2D eigenvalue weighted by atomic mass is 32.2. The van der Waals surface area contributed by atoms with Crippen molar-refractivity contribution in [3.8, 4) is 0 Å². The lowest BCUT2D eigenvalue weighted by atomic mass is 9.92. The first-order valence-corrected chi connectivity index (χ1v) is 7.78. The summed E-state index contributed by atoms with van der Waals surface area (Å²) in [4.78, 5) is 0.295. The Morgan fingerprint density at radius 1 is 1.28 bits per heavy atom. The molecule has 102 valence electrons. The SMILES string of the molecule is CC(C)C(C)(O)CNc1ccc(S(C)(=O)=O)cc1. The van der Waals surface area contributed by atoms with Crippen molar-refractivity contribution in [1.29, 1.82) is 0 Å². The number of nitrogens with one attached hydrogen (secondary N) is 1. The van der Waals surface area contributed by atoms with E-state index in [-0.39, 0.29) is 5.92 Å². The molecule has 1 unspecified atom stereocenters. The van der Waals surface area contributed by atoms with Gasteiger partial charge in [-0.2, -0.15) is 0 Å². The molecule has 1 rings (SSSR count). The van der Waals surface area contributed by atoms with Crippen LogP contribution in [0.15, 0.2) is 29.2 Å². The van der Waals surface area contributed by atoms with E-state index in [1.165, 1.54) is 6.26 Å². The fourth-order valence-corrected chi connectivity index (χ4v) is 1.94. The van der Waals surface area contributed by atoms with Crippen molar-refractivity contribution in [3.05, 3.63) is 24.3 Å². The molecule has 0 radical (unpaired) electrons. The maximum Gasteiger partial charge on any atom is 0.175 e. The van der Waals surface area contributed by atoms with Gasteiger partial charge in [-0.05, 0) is 37.1 Å². The van der Waals surface area contributed by atoms with Gasteiger partial charge in [0.2, 0.25) is 0 Å². The molecule has 1 aromatic rings. The minimum Gasteiger partial charge on any atom is -0.388 e. The van der Waals surface area contributed by atoms with Crippen molar-refractivity contribution in [1.82, 2.24) is 0 Å². The third-order valence-corrected chi connectivity index (χ3v) is 4.31. The summed E-state index contributed by atoms with van der Waals surface area (Å²) in [5.74, 6) is 0.139. The molecular weight excluding hydrogens is 250 g/mol. The molecular formula is C13H21NO3S. The fraction of sp³-hybridized carbons (Fsp3) is 0.538. The van der Waals surface area contributed by atoms with E-state index in [0.717, 1.165) is 5.69 Å². The molecule has 0 saturated heterocycles. The van der Waals surface area contributed by atoms with Crippen molar-refractivity contribution < 1.29 is 13.5 Å². The Balaban J connectivity index is 2.71. The average molecular weight is 271 g/mol. The van der Waals surface area contributed by atoms with E-state index in [1.807, 2.05) is 13.8 Å². The fourth-order valence-electron chi connectivity index (χ4n) is 1.31. The van der Waals surface area contributed by atoms with E-state index < -0.39 is 15.4 Å². The highest BCUT2D eigenvalue weighted by Gasteiger charge is 2.24. The van der Waals surface area contributed by atoms with Gasteiger partial charge in [0.05, 0.1) is 10.5 Å². The van der Waals surface area contributed by atoms with Gasteiger partial charge in [-0.3, -0.25) is 0 Å². The van der Waals surface area contributed by atoms with E-state index in [9.17, 15) is 13.5 Å². The summed E-state index contributed by atoms with van der Waals surface area (Å²) in [6, 6.07) is 6.52. The van der Waals surface area contributed by atoms with Gasteiger partial charge in [0.25, 0.3) is 0 Å². The molecule has 0 saturated carbocycles. The summed E-state index contributed by atoms with van der Waals surface area (Å²) < 4.78 is 22.6. The Morgan fingerprint density at radius 3 is 2.17 bits per heavy atom. The first-order valence-electron chi connectivity index (χ1n) is 5.89. The van der Waals surface area contributed by atoms with Crippen LogP contribution in [0.1, 0.15) is 20.8 Å². The third-order valence-electron chi connectivity index (χ3n) is 3.18. The van der Waals surface area contributed by atoms with Crippen LogP contribution in [0.4, 0.5) is 5.69 Å². The van der Waals surface area contributed by atoms with Crippen LogP contribution in [0.25, 0.3) is 0 Å². The quantitative estimate of drug-likeness (QED) is 0.858. The van der Waals surface area contributed by atoms with Crippen LogP contribution in [0.3, 0.4) is 0 Å². The molecule has 0 heterocycles. The van der Waals surface area contributed by atoms with Gasteiger partial charge in [-0.25, -0.2) is 8.42 Å². The summed E-state index contributed by atoms with van der Waals surface area (Å²) in [6.07, 6.45) is 1.18. The molecule has 0 bridgehead atoms. The molecule has 0 fully saturated rings. The van der Waals surface area contributed by atoms with E-state index in [0.29, 0.717) is 11.4 Å². The lowest BCUT2D eigenvalue weighted by Crippen LogP contribution is -2.38.